The van der Waals surface area contributed by atoms with Gasteiger partial charge in [0.05, 0.1) is 11.4 Å². The van der Waals surface area contributed by atoms with Crippen LogP contribution in [0.25, 0.3) is 0 Å². The van der Waals surface area contributed by atoms with E-state index in [1.165, 1.54) is 0 Å². The summed E-state index contributed by atoms with van der Waals surface area (Å²) >= 11 is 6.43. The van der Waals surface area contributed by atoms with Gasteiger partial charge in [0.15, 0.2) is 11.4 Å². The monoisotopic (exact) mass is 474 g/mol. The number of rotatable bonds is 11. The zero-order valence-electron chi connectivity index (χ0n) is 18.1. The highest BCUT2D eigenvalue weighted by molar-refractivity contribution is 8.22. The molecule has 0 aromatic heterocycles. The highest BCUT2D eigenvalue weighted by Gasteiger charge is 2.40. The maximum atomic E-state index is 12.9. The SMILES string of the molecule is CCOC(CC)(CC(=O)c1ccc([SH]2C=CC(OCc3ccccc3)=C2)cc1Cl)C(=O)O. The van der Waals surface area contributed by atoms with E-state index in [4.69, 9.17) is 21.1 Å². The van der Waals surface area contributed by atoms with Crippen molar-refractivity contribution in [2.45, 2.75) is 43.8 Å². The highest BCUT2D eigenvalue weighted by Crippen LogP contribution is 2.45. The third kappa shape index (κ3) is 5.63. The highest BCUT2D eigenvalue weighted by atomic mass is 35.5. The number of carboxylic acids is 1. The number of hydrogen-bond donors (Lipinski definition) is 2. The van der Waals surface area contributed by atoms with Crippen LogP contribution in [0.2, 0.25) is 5.02 Å². The molecule has 0 bridgehead atoms. The molecule has 0 amide bonds. The molecule has 0 aliphatic carbocycles. The zero-order chi connectivity index (χ0) is 23.1. The van der Waals surface area contributed by atoms with Crippen molar-refractivity contribution in [3.8, 4) is 0 Å². The first-order chi connectivity index (χ1) is 15.4. The summed E-state index contributed by atoms with van der Waals surface area (Å²) in [5, 5.41) is 14.1. The average Bonchev–Trinajstić information content (AvgIpc) is 3.27. The first kappa shape index (κ1) is 24.1. The van der Waals surface area contributed by atoms with Crippen LogP contribution in [0, 0.1) is 0 Å². The Kier molecular flexibility index (Phi) is 8.18. The topological polar surface area (TPSA) is 72.8 Å². The van der Waals surface area contributed by atoms with Gasteiger partial charge in [0.1, 0.15) is 12.4 Å². The second kappa shape index (κ2) is 10.9. The van der Waals surface area contributed by atoms with E-state index in [1.807, 2.05) is 42.5 Å². The number of carbonyl (C=O) groups is 2. The van der Waals surface area contributed by atoms with Gasteiger partial charge in [0, 0.05) is 17.6 Å². The van der Waals surface area contributed by atoms with E-state index >= 15 is 0 Å². The fraction of sp³-hybridized carbons (Fsp3) is 0.280. The molecular formula is C25H27ClO5S. The lowest BCUT2D eigenvalue weighted by Gasteiger charge is -2.27. The van der Waals surface area contributed by atoms with Crippen LogP contribution in [-0.2, 0) is 20.9 Å². The molecule has 5 nitrogen and oxygen atoms in total. The molecule has 1 N–H and O–H groups in total. The largest absolute Gasteiger partial charge is 0.488 e. The minimum absolute atomic E-state index is 0.185. The Hall–Kier alpha value is -2.54. The first-order valence-electron chi connectivity index (χ1n) is 10.4. The molecule has 1 aliphatic heterocycles. The van der Waals surface area contributed by atoms with Gasteiger partial charge in [-0.1, -0.05) is 48.9 Å². The Morgan fingerprint density at radius 2 is 1.88 bits per heavy atom. The summed E-state index contributed by atoms with van der Waals surface area (Å²) in [5.41, 5.74) is -0.141. The van der Waals surface area contributed by atoms with E-state index in [9.17, 15) is 14.7 Å². The van der Waals surface area contributed by atoms with E-state index in [-0.39, 0.29) is 25.2 Å². The molecule has 0 saturated carbocycles. The molecule has 2 aromatic rings. The number of ether oxygens (including phenoxy) is 2. The molecule has 0 spiro atoms. The Labute approximate surface area is 196 Å². The van der Waals surface area contributed by atoms with Crippen molar-refractivity contribution in [3.05, 3.63) is 87.3 Å². The van der Waals surface area contributed by atoms with Crippen LogP contribution >= 0.6 is 22.5 Å². The standard InChI is InChI=1S/C25H27ClO5S/c1-3-25(24(28)29,31-4-2)15-23(27)21-11-10-20(14-22(21)26)32-13-12-19(17-32)30-16-18-8-6-5-7-9-18/h5-14,17,32H,3-4,15-16H2,1-2H3,(H,28,29). The van der Waals surface area contributed by atoms with Crippen molar-refractivity contribution in [1.29, 1.82) is 0 Å². The number of Topliss-reactive ketones (excluding diaryl/α,β-unsaturated/α-hetero) is 1. The molecule has 2 aromatic carbocycles. The summed E-state index contributed by atoms with van der Waals surface area (Å²) in [7, 11) is -0.736. The molecule has 1 aliphatic rings. The molecule has 0 radical (unpaired) electrons. The molecule has 32 heavy (non-hydrogen) atoms. The Bertz CT molecular complexity index is 1030. The maximum absolute atomic E-state index is 12.9. The van der Waals surface area contributed by atoms with Crippen molar-refractivity contribution in [2.24, 2.45) is 0 Å². The Balaban J connectivity index is 1.70. The van der Waals surface area contributed by atoms with Crippen LogP contribution < -0.4 is 0 Å². The molecule has 2 atom stereocenters. The van der Waals surface area contributed by atoms with E-state index in [0.717, 1.165) is 16.2 Å². The van der Waals surface area contributed by atoms with Gasteiger partial charge in [-0.25, -0.2) is 4.79 Å². The fourth-order valence-corrected chi connectivity index (χ4v) is 5.49. The number of ketones is 1. The molecular weight excluding hydrogens is 448 g/mol. The summed E-state index contributed by atoms with van der Waals surface area (Å²) < 4.78 is 11.3. The third-order valence-electron chi connectivity index (χ3n) is 5.29. The number of allylic oxidation sites excluding steroid dienone is 1. The van der Waals surface area contributed by atoms with Gasteiger partial charge in [-0.15, -0.1) is 0 Å². The van der Waals surface area contributed by atoms with Crippen molar-refractivity contribution >= 4 is 34.2 Å². The summed E-state index contributed by atoms with van der Waals surface area (Å²) in [6.07, 6.45) is 1.87. The predicted molar refractivity (Wildman–Crippen MR) is 128 cm³/mol. The number of thiol groups is 1. The number of halogens is 1. The number of carboxylic acid groups (broad SMARTS) is 1. The molecule has 1 heterocycles. The van der Waals surface area contributed by atoms with Crippen LogP contribution in [0.3, 0.4) is 0 Å². The van der Waals surface area contributed by atoms with Crippen molar-refractivity contribution < 1.29 is 24.2 Å². The summed E-state index contributed by atoms with van der Waals surface area (Å²) in [4.78, 5) is 25.6. The van der Waals surface area contributed by atoms with Gasteiger partial charge in [0.2, 0.25) is 0 Å². The number of aliphatic carboxylic acids is 1. The molecule has 3 rings (SSSR count). The van der Waals surface area contributed by atoms with Gasteiger partial charge in [-0.2, -0.15) is 10.9 Å². The molecule has 7 heteroatoms. The van der Waals surface area contributed by atoms with Crippen molar-refractivity contribution in [2.75, 3.05) is 6.61 Å². The van der Waals surface area contributed by atoms with Gasteiger partial charge >= 0.3 is 5.97 Å². The normalized spacial score (nSPS) is 18.1. The zero-order valence-corrected chi connectivity index (χ0v) is 19.7. The smallest absolute Gasteiger partial charge is 0.336 e. The first-order valence-corrected chi connectivity index (χ1v) is 12.3. The maximum Gasteiger partial charge on any atom is 0.336 e. The van der Waals surface area contributed by atoms with Gasteiger partial charge in [-0.05, 0) is 53.5 Å². The Morgan fingerprint density at radius 1 is 1.12 bits per heavy atom. The van der Waals surface area contributed by atoms with Gasteiger partial charge in [0.25, 0.3) is 0 Å². The van der Waals surface area contributed by atoms with E-state index in [1.54, 1.807) is 26.0 Å². The number of carbonyl (C=O) groups excluding carboxylic acids is 1. The number of benzene rings is 2. The van der Waals surface area contributed by atoms with E-state index in [2.05, 4.69) is 10.8 Å². The molecule has 2 unspecified atom stereocenters. The lowest BCUT2D eigenvalue weighted by Crippen LogP contribution is -2.43. The summed E-state index contributed by atoms with van der Waals surface area (Å²) in [6.45, 7) is 4.11. The lowest BCUT2D eigenvalue weighted by molar-refractivity contribution is -0.165. The van der Waals surface area contributed by atoms with Crippen LogP contribution in [0.1, 0.15) is 42.6 Å². The average molecular weight is 475 g/mol. The predicted octanol–water partition coefficient (Wildman–Crippen LogP) is 6.13. The molecule has 170 valence electrons. The van der Waals surface area contributed by atoms with Crippen LogP contribution in [0.15, 0.2) is 76.1 Å². The minimum atomic E-state index is -1.54. The van der Waals surface area contributed by atoms with Crippen molar-refractivity contribution in [3.63, 3.8) is 0 Å². The van der Waals surface area contributed by atoms with Gasteiger partial charge < -0.3 is 14.6 Å². The quantitative estimate of drug-likeness (QED) is 0.303. The Morgan fingerprint density at radius 3 is 2.50 bits per heavy atom. The molecule has 0 saturated heterocycles. The third-order valence-corrected chi connectivity index (χ3v) is 7.48. The van der Waals surface area contributed by atoms with Gasteiger partial charge in [-0.3, -0.25) is 4.79 Å². The van der Waals surface area contributed by atoms with E-state index in [0.29, 0.717) is 17.2 Å². The van der Waals surface area contributed by atoms with Crippen molar-refractivity contribution in [1.82, 2.24) is 0 Å². The summed E-state index contributed by atoms with van der Waals surface area (Å²) in [6, 6.07) is 15.3. The fourth-order valence-electron chi connectivity index (χ4n) is 3.45. The number of hydrogen-bond acceptors (Lipinski definition) is 4. The second-order valence-corrected chi connectivity index (χ2v) is 9.67. The summed E-state index contributed by atoms with van der Waals surface area (Å²) in [5.74, 6) is -0.686. The van der Waals surface area contributed by atoms with Crippen LogP contribution in [0.5, 0.6) is 0 Å². The van der Waals surface area contributed by atoms with Crippen LogP contribution in [-0.4, -0.2) is 29.1 Å². The lowest BCUT2D eigenvalue weighted by atomic mass is 9.91. The van der Waals surface area contributed by atoms with Crippen LogP contribution in [0.4, 0.5) is 0 Å². The van der Waals surface area contributed by atoms with E-state index < -0.39 is 22.5 Å². The molecule has 0 fully saturated rings. The second-order valence-electron chi connectivity index (χ2n) is 7.38. The minimum Gasteiger partial charge on any atom is -0.488 e.